The van der Waals surface area contributed by atoms with Crippen LogP contribution in [0.5, 0.6) is 0 Å². The fourth-order valence-electron chi connectivity index (χ4n) is 3.25. The van der Waals surface area contributed by atoms with Crippen molar-refractivity contribution in [2.75, 3.05) is 43.2 Å². The number of carbonyl (C=O) groups excluding carboxylic acids is 4. The summed E-state index contributed by atoms with van der Waals surface area (Å²) in [6, 6.07) is 5.58. The van der Waals surface area contributed by atoms with Gasteiger partial charge in [-0.2, -0.15) is 0 Å². The van der Waals surface area contributed by atoms with E-state index in [1.165, 1.54) is 29.2 Å². The molecule has 194 valence electrons. The largest absolute Gasteiger partial charge is 0.491 e. The second-order valence-electron chi connectivity index (χ2n) is 7.26. The molecule has 0 radical (unpaired) electrons. The van der Waals surface area contributed by atoms with Gasteiger partial charge in [0.2, 0.25) is 0 Å². The number of ether oxygens (including phenoxy) is 2. The van der Waals surface area contributed by atoms with Gasteiger partial charge >= 0.3 is 12.4 Å². The molecule has 1 aliphatic heterocycles. The SMILES string of the molecule is COC(=O)N[C@@H](CNC(=O)c1ccc(Cl)s1)C(=O)N(c1ccc(N2CCOCC2=O)cc1)C(F)(F)F. The predicted octanol–water partition coefficient (Wildman–Crippen LogP) is 2.77. The van der Waals surface area contributed by atoms with Crippen molar-refractivity contribution >= 4 is 58.1 Å². The minimum Gasteiger partial charge on any atom is -0.453 e. The van der Waals surface area contributed by atoms with Gasteiger partial charge in [0.25, 0.3) is 17.7 Å². The Balaban J connectivity index is 1.83. The third kappa shape index (κ3) is 6.65. The van der Waals surface area contributed by atoms with Crippen LogP contribution in [0.15, 0.2) is 36.4 Å². The normalized spacial score (nSPS) is 14.7. The van der Waals surface area contributed by atoms with Gasteiger partial charge in [-0.3, -0.25) is 14.4 Å². The van der Waals surface area contributed by atoms with Gasteiger partial charge in [0, 0.05) is 18.8 Å². The number of rotatable bonds is 7. The average Bonchev–Trinajstić information content (AvgIpc) is 3.27. The topological polar surface area (TPSA) is 117 Å². The highest BCUT2D eigenvalue weighted by atomic mass is 35.5. The van der Waals surface area contributed by atoms with E-state index in [1.54, 1.807) is 0 Å². The second-order valence-corrected chi connectivity index (χ2v) is 8.97. The van der Waals surface area contributed by atoms with Crippen molar-refractivity contribution in [2.45, 2.75) is 12.3 Å². The minimum absolute atomic E-state index is 0.154. The number of thiophene rings is 1. The smallest absolute Gasteiger partial charge is 0.453 e. The van der Waals surface area contributed by atoms with E-state index in [0.717, 1.165) is 30.6 Å². The molecule has 1 fully saturated rings. The number of alkyl carbamates (subject to hydrolysis) is 1. The number of nitrogens with one attached hydrogen (secondary N) is 2. The van der Waals surface area contributed by atoms with Crippen LogP contribution >= 0.6 is 22.9 Å². The zero-order valence-electron chi connectivity index (χ0n) is 18.6. The van der Waals surface area contributed by atoms with E-state index >= 15 is 0 Å². The lowest BCUT2D eigenvalue weighted by Gasteiger charge is -2.30. The molecule has 1 aliphatic rings. The molecule has 0 aliphatic carbocycles. The third-order valence-electron chi connectivity index (χ3n) is 4.92. The number of morpholine rings is 1. The molecular weight excluding hydrogens is 529 g/mol. The Bertz CT molecular complexity index is 1130. The van der Waals surface area contributed by atoms with Gasteiger partial charge in [-0.05, 0) is 36.4 Å². The molecule has 36 heavy (non-hydrogen) atoms. The highest BCUT2D eigenvalue weighted by molar-refractivity contribution is 7.18. The molecule has 3 rings (SSSR count). The fraction of sp³-hybridized carbons (Fsp3) is 0.333. The summed E-state index contributed by atoms with van der Waals surface area (Å²) in [6.07, 6.45) is -6.36. The maximum atomic E-state index is 14.0. The highest BCUT2D eigenvalue weighted by Crippen LogP contribution is 2.31. The van der Waals surface area contributed by atoms with E-state index in [0.29, 0.717) is 10.0 Å². The van der Waals surface area contributed by atoms with Gasteiger partial charge in [0.05, 0.1) is 28.6 Å². The first-order valence-corrected chi connectivity index (χ1v) is 11.5. The van der Waals surface area contributed by atoms with Crippen LogP contribution in [0.2, 0.25) is 4.34 Å². The van der Waals surface area contributed by atoms with Crippen LogP contribution in [0.25, 0.3) is 0 Å². The fourth-order valence-corrected chi connectivity index (χ4v) is 4.21. The number of hydrogen-bond donors (Lipinski definition) is 2. The number of halogens is 4. The van der Waals surface area contributed by atoms with E-state index in [-0.39, 0.29) is 30.5 Å². The Morgan fingerprint density at radius 2 is 1.92 bits per heavy atom. The van der Waals surface area contributed by atoms with Gasteiger partial charge < -0.3 is 25.0 Å². The van der Waals surface area contributed by atoms with Gasteiger partial charge in [-0.25, -0.2) is 9.69 Å². The summed E-state index contributed by atoms with van der Waals surface area (Å²) in [5, 5.41) is 4.32. The van der Waals surface area contributed by atoms with E-state index in [2.05, 4.69) is 10.1 Å². The molecule has 0 saturated carbocycles. The highest BCUT2D eigenvalue weighted by Gasteiger charge is 2.45. The zero-order chi connectivity index (χ0) is 26.5. The lowest BCUT2D eigenvalue weighted by molar-refractivity contribution is -0.151. The summed E-state index contributed by atoms with van der Waals surface area (Å²) in [5.41, 5.74) is -0.238. The van der Waals surface area contributed by atoms with Crippen molar-refractivity contribution in [1.82, 2.24) is 10.6 Å². The summed E-state index contributed by atoms with van der Waals surface area (Å²) >= 11 is 6.71. The molecule has 1 aromatic heterocycles. The Labute approximate surface area is 211 Å². The Kier molecular flexibility index (Phi) is 8.76. The number of nitrogens with zero attached hydrogens (tertiary/aromatic N) is 2. The predicted molar refractivity (Wildman–Crippen MR) is 124 cm³/mol. The van der Waals surface area contributed by atoms with E-state index in [1.807, 2.05) is 5.32 Å². The molecule has 4 amide bonds. The van der Waals surface area contributed by atoms with Crippen LogP contribution in [0.1, 0.15) is 9.67 Å². The number of carbonyl (C=O) groups is 4. The van der Waals surface area contributed by atoms with Crippen LogP contribution < -0.4 is 20.4 Å². The first kappa shape index (κ1) is 27.2. The summed E-state index contributed by atoms with van der Waals surface area (Å²) in [7, 11) is 0.969. The number of hydrogen-bond acceptors (Lipinski definition) is 7. The van der Waals surface area contributed by atoms with Crippen molar-refractivity contribution in [1.29, 1.82) is 0 Å². The molecule has 0 bridgehead atoms. The quantitative estimate of drug-likeness (QED) is 0.514. The number of alkyl halides is 3. The Hall–Kier alpha value is -3.36. The lowest BCUT2D eigenvalue weighted by Crippen LogP contribution is -2.57. The van der Waals surface area contributed by atoms with Crippen LogP contribution in [0.3, 0.4) is 0 Å². The molecule has 0 spiro atoms. The summed E-state index contributed by atoms with van der Waals surface area (Å²) < 4.78 is 51.8. The van der Waals surface area contributed by atoms with Gasteiger partial charge in [0.1, 0.15) is 12.6 Å². The first-order chi connectivity index (χ1) is 17.0. The van der Waals surface area contributed by atoms with Crippen LogP contribution in [-0.4, -0.2) is 69.6 Å². The van der Waals surface area contributed by atoms with Crippen molar-refractivity contribution in [3.8, 4) is 0 Å². The van der Waals surface area contributed by atoms with Crippen molar-refractivity contribution in [3.63, 3.8) is 0 Å². The molecule has 2 N–H and O–H groups in total. The third-order valence-corrected chi connectivity index (χ3v) is 6.15. The Morgan fingerprint density at radius 1 is 1.22 bits per heavy atom. The molecule has 0 unspecified atom stereocenters. The molecule has 10 nitrogen and oxygen atoms in total. The average molecular weight is 549 g/mol. The van der Waals surface area contributed by atoms with Crippen LogP contribution in [0, 0.1) is 0 Å². The van der Waals surface area contributed by atoms with Crippen LogP contribution in [-0.2, 0) is 19.1 Å². The first-order valence-electron chi connectivity index (χ1n) is 10.3. The summed E-state index contributed by atoms with van der Waals surface area (Å²) in [5.74, 6) is -2.63. The van der Waals surface area contributed by atoms with Crippen molar-refractivity contribution in [2.24, 2.45) is 0 Å². The molecule has 15 heteroatoms. The van der Waals surface area contributed by atoms with Gasteiger partial charge in [-0.1, -0.05) is 11.6 Å². The number of benzene rings is 1. The molecular formula is C21H20ClF3N4O6S. The summed E-state index contributed by atoms with van der Waals surface area (Å²) in [4.78, 5) is 50.1. The second kappa shape index (κ2) is 11.6. The van der Waals surface area contributed by atoms with Crippen molar-refractivity contribution < 1.29 is 41.8 Å². The maximum absolute atomic E-state index is 14.0. The Morgan fingerprint density at radius 3 is 2.47 bits per heavy atom. The monoisotopic (exact) mass is 548 g/mol. The number of amides is 4. The zero-order valence-corrected chi connectivity index (χ0v) is 20.2. The van der Waals surface area contributed by atoms with Crippen molar-refractivity contribution in [3.05, 3.63) is 45.6 Å². The van der Waals surface area contributed by atoms with Gasteiger partial charge in [-0.15, -0.1) is 24.5 Å². The van der Waals surface area contributed by atoms with Gasteiger partial charge in [0.15, 0.2) is 0 Å². The molecule has 1 atom stereocenters. The lowest BCUT2D eigenvalue weighted by atomic mass is 10.2. The number of methoxy groups -OCH3 is 1. The number of anilines is 2. The maximum Gasteiger partial charge on any atom is 0.491 e. The molecule has 2 aromatic rings. The van der Waals surface area contributed by atoms with E-state index < -0.39 is 47.4 Å². The standard InChI is InChI=1S/C21H20ClF3N4O6S/c1-34-20(33)27-14(10-26-18(31)15-6-7-16(22)36-15)19(32)29(21(23,24)25)13-4-2-12(3-5-13)28-8-9-35-11-17(28)30/h2-7,14H,8-11H2,1H3,(H,26,31)(H,27,33)/t14-/m0/s1. The summed E-state index contributed by atoms with van der Waals surface area (Å²) in [6.45, 7) is -0.334. The minimum atomic E-state index is -5.19. The molecule has 2 heterocycles. The van der Waals surface area contributed by atoms with E-state index in [9.17, 15) is 32.3 Å². The molecule has 1 saturated heterocycles. The van der Waals surface area contributed by atoms with Crippen LogP contribution in [0.4, 0.5) is 29.3 Å². The molecule has 1 aromatic carbocycles. The van der Waals surface area contributed by atoms with E-state index in [4.69, 9.17) is 16.3 Å².